The third-order valence-corrected chi connectivity index (χ3v) is 7.41. The molecule has 2 saturated carbocycles. The van der Waals surface area contributed by atoms with Crippen molar-refractivity contribution >= 4 is 0 Å². The molecule has 27 heavy (non-hydrogen) atoms. The van der Waals surface area contributed by atoms with E-state index in [1.54, 1.807) is 11.6 Å². The Morgan fingerprint density at radius 3 is 2.07 bits per heavy atom. The molecule has 1 aromatic carbocycles. The number of hydrogen-bond donors (Lipinski definition) is 0. The maximum absolute atomic E-state index is 12.2. The van der Waals surface area contributed by atoms with Gasteiger partial charge < -0.3 is 0 Å². The van der Waals surface area contributed by atoms with Crippen LogP contribution in [0.4, 0.5) is 4.39 Å². The molecule has 0 unspecified atom stereocenters. The van der Waals surface area contributed by atoms with E-state index in [0.717, 1.165) is 36.4 Å². The summed E-state index contributed by atoms with van der Waals surface area (Å²) in [4.78, 5) is 0. The summed E-state index contributed by atoms with van der Waals surface area (Å²) in [6.07, 6.45) is 19.6. The summed E-state index contributed by atoms with van der Waals surface area (Å²) < 4.78 is 12.2. The fourth-order valence-corrected chi connectivity index (χ4v) is 5.60. The summed E-state index contributed by atoms with van der Waals surface area (Å²) in [6, 6.07) is 9.58. The molecule has 0 heterocycles. The van der Waals surface area contributed by atoms with Crippen LogP contribution in [0.1, 0.15) is 101 Å². The van der Waals surface area contributed by atoms with Gasteiger partial charge in [0.25, 0.3) is 0 Å². The van der Waals surface area contributed by atoms with Gasteiger partial charge in [-0.15, -0.1) is 0 Å². The van der Waals surface area contributed by atoms with Crippen LogP contribution in [0.5, 0.6) is 0 Å². The molecule has 0 aromatic heterocycles. The lowest BCUT2D eigenvalue weighted by Crippen LogP contribution is -2.25. The van der Waals surface area contributed by atoms with Crippen LogP contribution < -0.4 is 0 Å². The van der Waals surface area contributed by atoms with E-state index >= 15 is 0 Å². The number of rotatable bonds is 8. The number of hydrogen-bond acceptors (Lipinski definition) is 0. The highest BCUT2D eigenvalue weighted by Gasteiger charge is 2.30. The molecule has 0 atom stereocenters. The van der Waals surface area contributed by atoms with Crippen LogP contribution in [-0.4, -0.2) is 0 Å². The number of allylic oxidation sites excluding steroid dienone is 1. The molecule has 0 nitrogen and oxygen atoms in total. The van der Waals surface area contributed by atoms with Gasteiger partial charge in [0, 0.05) is 0 Å². The van der Waals surface area contributed by atoms with Gasteiger partial charge >= 0.3 is 0 Å². The Balaban J connectivity index is 1.41. The van der Waals surface area contributed by atoms with Gasteiger partial charge in [0.05, 0.1) is 6.33 Å². The van der Waals surface area contributed by atoms with Crippen molar-refractivity contribution in [3.05, 3.63) is 47.8 Å². The average Bonchev–Trinajstić information content (AvgIpc) is 2.73. The van der Waals surface area contributed by atoms with E-state index < -0.39 is 0 Å². The molecular formula is C26H39F. The molecule has 0 spiro atoms. The molecule has 1 aromatic rings. The minimum Gasteiger partial charge on any atom is -0.216 e. The second kappa shape index (κ2) is 11.0. The van der Waals surface area contributed by atoms with E-state index in [1.165, 1.54) is 82.6 Å². The Labute approximate surface area is 166 Å². The summed E-state index contributed by atoms with van der Waals surface area (Å²) in [6.45, 7) is 2.27. The lowest BCUT2D eigenvalue weighted by atomic mass is 9.68. The molecule has 0 bridgehead atoms. The third-order valence-electron chi connectivity index (χ3n) is 7.41. The molecule has 0 amide bonds. The zero-order valence-electron chi connectivity index (χ0n) is 17.3. The van der Waals surface area contributed by atoms with E-state index in [1.807, 2.05) is 0 Å². The van der Waals surface area contributed by atoms with Gasteiger partial charge in [-0.05, 0) is 105 Å². The SMILES string of the molecule is CCCCCc1ccc([C@H]2CC[C@H]([C@H]3CC[C@H](CC=CF)CC3)CC2)cc1. The first kappa shape index (κ1) is 20.6. The van der Waals surface area contributed by atoms with Crippen molar-refractivity contribution in [3.63, 3.8) is 0 Å². The molecule has 2 aliphatic carbocycles. The summed E-state index contributed by atoms with van der Waals surface area (Å²) in [5.74, 6) is 3.42. The Morgan fingerprint density at radius 2 is 1.48 bits per heavy atom. The smallest absolute Gasteiger partial charge is 0.0827 e. The number of benzene rings is 1. The average molecular weight is 371 g/mol. The van der Waals surface area contributed by atoms with Gasteiger partial charge in [-0.2, -0.15) is 0 Å². The van der Waals surface area contributed by atoms with Gasteiger partial charge in [-0.1, -0.05) is 50.1 Å². The number of unbranched alkanes of at least 4 members (excludes halogenated alkanes) is 2. The quantitative estimate of drug-likeness (QED) is 0.403. The fourth-order valence-electron chi connectivity index (χ4n) is 5.60. The van der Waals surface area contributed by atoms with E-state index in [9.17, 15) is 4.39 Å². The molecule has 0 saturated heterocycles. The van der Waals surface area contributed by atoms with Crippen LogP contribution in [-0.2, 0) is 6.42 Å². The van der Waals surface area contributed by atoms with Gasteiger partial charge in [0.15, 0.2) is 0 Å². The molecule has 3 rings (SSSR count). The van der Waals surface area contributed by atoms with Gasteiger partial charge in [0.1, 0.15) is 0 Å². The third kappa shape index (κ3) is 6.19. The van der Waals surface area contributed by atoms with Crippen LogP contribution in [0, 0.1) is 17.8 Å². The predicted molar refractivity (Wildman–Crippen MR) is 115 cm³/mol. The topological polar surface area (TPSA) is 0 Å². The van der Waals surface area contributed by atoms with Crippen molar-refractivity contribution < 1.29 is 4.39 Å². The van der Waals surface area contributed by atoms with Crippen LogP contribution in [0.3, 0.4) is 0 Å². The van der Waals surface area contributed by atoms with Gasteiger partial charge in [-0.25, -0.2) is 4.39 Å². The van der Waals surface area contributed by atoms with Crippen LogP contribution in [0.25, 0.3) is 0 Å². The lowest BCUT2D eigenvalue weighted by molar-refractivity contribution is 0.160. The molecule has 0 aliphatic heterocycles. The van der Waals surface area contributed by atoms with Crippen molar-refractivity contribution in [3.8, 4) is 0 Å². The Hall–Kier alpha value is -1.11. The standard InChI is InChI=1S/C26H39F/c1-2-3-4-6-21-8-12-23(13-9-21)25-16-18-26(19-17-25)24-14-10-22(11-15-24)7-5-20-27/h5,8-9,12-13,20,22,24-26H,2-4,6-7,10-11,14-19H2,1H3/t22-,24-,25-,26-. The molecule has 0 radical (unpaired) electrons. The first-order valence-corrected chi connectivity index (χ1v) is 11.6. The van der Waals surface area contributed by atoms with E-state index in [4.69, 9.17) is 0 Å². The zero-order chi connectivity index (χ0) is 18.9. The second-order valence-electron chi connectivity index (χ2n) is 9.19. The van der Waals surface area contributed by atoms with Crippen molar-refractivity contribution in [2.45, 2.75) is 96.3 Å². The highest BCUT2D eigenvalue weighted by atomic mass is 19.1. The number of halogens is 1. The van der Waals surface area contributed by atoms with Crippen LogP contribution in [0.15, 0.2) is 36.7 Å². The molecule has 1 heteroatoms. The Morgan fingerprint density at radius 1 is 0.852 bits per heavy atom. The van der Waals surface area contributed by atoms with E-state index in [0.29, 0.717) is 0 Å². The minimum absolute atomic E-state index is 0.727. The molecule has 0 N–H and O–H groups in total. The van der Waals surface area contributed by atoms with Crippen LogP contribution >= 0.6 is 0 Å². The van der Waals surface area contributed by atoms with Crippen molar-refractivity contribution in [1.29, 1.82) is 0 Å². The summed E-state index contributed by atoms with van der Waals surface area (Å²) in [7, 11) is 0. The van der Waals surface area contributed by atoms with E-state index in [-0.39, 0.29) is 0 Å². The first-order chi connectivity index (χ1) is 13.3. The molecular weight excluding hydrogens is 331 g/mol. The fraction of sp³-hybridized carbons (Fsp3) is 0.692. The maximum Gasteiger partial charge on any atom is 0.0827 e. The first-order valence-electron chi connectivity index (χ1n) is 11.6. The van der Waals surface area contributed by atoms with Crippen molar-refractivity contribution in [2.75, 3.05) is 0 Å². The summed E-state index contributed by atoms with van der Waals surface area (Å²) >= 11 is 0. The minimum atomic E-state index is 0.727. The zero-order valence-corrected chi connectivity index (χ0v) is 17.3. The molecule has 150 valence electrons. The maximum atomic E-state index is 12.2. The van der Waals surface area contributed by atoms with Gasteiger partial charge in [0.2, 0.25) is 0 Å². The monoisotopic (exact) mass is 370 g/mol. The predicted octanol–water partition coefficient (Wildman–Crippen LogP) is 8.37. The Kier molecular flexibility index (Phi) is 8.42. The Bertz CT molecular complexity index is 542. The van der Waals surface area contributed by atoms with Crippen LogP contribution in [0.2, 0.25) is 0 Å². The molecule has 2 aliphatic rings. The second-order valence-corrected chi connectivity index (χ2v) is 9.19. The van der Waals surface area contributed by atoms with Gasteiger partial charge in [-0.3, -0.25) is 0 Å². The highest BCUT2D eigenvalue weighted by molar-refractivity contribution is 5.26. The van der Waals surface area contributed by atoms with Crippen molar-refractivity contribution in [2.24, 2.45) is 17.8 Å². The summed E-state index contributed by atoms with van der Waals surface area (Å²) in [5.41, 5.74) is 3.09. The van der Waals surface area contributed by atoms with Crippen molar-refractivity contribution in [1.82, 2.24) is 0 Å². The number of aryl methyl sites for hydroxylation is 1. The lowest BCUT2D eigenvalue weighted by Gasteiger charge is -2.38. The normalized spacial score (nSPS) is 29.3. The summed E-state index contributed by atoms with van der Waals surface area (Å²) in [5, 5.41) is 0. The van der Waals surface area contributed by atoms with E-state index in [2.05, 4.69) is 31.2 Å². The molecule has 2 fully saturated rings. The highest BCUT2D eigenvalue weighted by Crippen LogP contribution is 2.44. The largest absolute Gasteiger partial charge is 0.216 e.